The predicted octanol–water partition coefficient (Wildman–Crippen LogP) is 0.566. The SMILES string of the molecule is CCCOC(O)C(C)C=O. The normalized spacial score (nSPS) is 16.3. The average Bonchev–Trinajstić information content (AvgIpc) is 1.98. The van der Waals surface area contributed by atoms with Crippen LogP contribution in [0.2, 0.25) is 0 Å². The maximum absolute atomic E-state index is 10.1. The summed E-state index contributed by atoms with van der Waals surface area (Å²) in [6, 6.07) is 0. The van der Waals surface area contributed by atoms with Gasteiger partial charge in [0, 0.05) is 6.61 Å². The van der Waals surface area contributed by atoms with Gasteiger partial charge in [0.25, 0.3) is 0 Å². The van der Waals surface area contributed by atoms with Crippen molar-refractivity contribution in [2.75, 3.05) is 6.61 Å². The van der Waals surface area contributed by atoms with E-state index in [2.05, 4.69) is 0 Å². The lowest BCUT2D eigenvalue weighted by Crippen LogP contribution is -2.22. The van der Waals surface area contributed by atoms with Crippen LogP contribution in [0.3, 0.4) is 0 Å². The van der Waals surface area contributed by atoms with E-state index in [-0.39, 0.29) is 0 Å². The monoisotopic (exact) mass is 146 g/mol. The minimum atomic E-state index is -0.933. The Morgan fingerprint density at radius 2 is 2.30 bits per heavy atom. The number of hydrogen-bond donors (Lipinski definition) is 1. The van der Waals surface area contributed by atoms with E-state index in [4.69, 9.17) is 9.84 Å². The third kappa shape index (κ3) is 3.58. The van der Waals surface area contributed by atoms with Crippen molar-refractivity contribution in [1.82, 2.24) is 0 Å². The topological polar surface area (TPSA) is 46.5 Å². The minimum Gasteiger partial charge on any atom is -0.367 e. The summed E-state index contributed by atoms with van der Waals surface area (Å²) in [7, 11) is 0. The first-order valence-electron chi connectivity index (χ1n) is 3.47. The summed E-state index contributed by atoms with van der Waals surface area (Å²) in [6.45, 7) is 4.06. The van der Waals surface area contributed by atoms with E-state index in [0.29, 0.717) is 12.9 Å². The summed E-state index contributed by atoms with van der Waals surface area (Å²) in [5, 5.41) is 9.00. The molecular weight excluding hydrogens is 132 g/mol. The van der Waals surface area contributed by atoms with E-state index in [1.54, 1.807) is 6.92 Å². The quantitative estimate of drug-likeness (QED) is 0.455. The van der Waals surface area contributed by atoms with Gasteiger partial charge in [-0.1, -0.05) is 13.8 Å². The maximum Gasteiger partial charge on any atom is 0.163 e. The van der Waals surface area contributed by atoms with Crippen molar-refractivity contribution in [3.63, 3.8) is 0 Å². The summed E-state index contributed by atoms with van der Waals surface area (Å²) in [5.74, 6) is -0.424. The van der Waals surface area contributed by atoms with Gasteiger partial charge in [0.05, 0.1) is 5.92 Å². The van der Waals surface area contributed by atoms with Crippen molar-refractivity contribution in [3.05, 3.63) is 0 Å². The van der Waals surface area contributed by atoms with Crippen LogP contribution in [0.4, 0.5) is 0 Å². The van der Waals surface area contributed by atoms with Gasteiger partial charge in [-0.3, -0.25) is 0 Å². The maximum atomic E-state index is 10.1. The van der Waals surface area contributed by atoms with Crippen LogP contribution in [0.15, 0.2) is 0 Å². The first-order valence-corrected chi connectivity index (χ1v) is 3.47. The highest BCUT2D eigenvalue weighted by Crippen LogP contribution is 2.00. The Hall–Kier alpha value is -0.410. The summed E-state index contributed by atoms with van der Waals surface area (Å²) in [5.41, 5.74) is 0. The molecule has 2 unspecified atom stereocenters. The van der Waals surface area contributed by atoms with Crippen molar-refractivity contribution >= 4 is 6.29 Å². The van der Waals surface area contributed by atoms with Crippen LogP contribution < -0.4 is 0 Å². The molecule has 0 aliphatic carbocycles. The molecule has 0 aromatic carbocycles. The highest BCUT2D eigenvalue weighted by atomic mass is 16.6. The molecule has 10 heavy (non-hydrogen) atoms. The lowest BCUT2D eigenvalue weighted by molar-refractivity contribution is -0.143. The highest BCUT2D eigenvalue weighted by molar-refractivity contribution is 5.53. The fourth-order valence-corrected chi connectivity index (χ4v) is 0.458. The predicted molar refractivity (Wildman–Crippen MR) is 37.5 cm³/mol. The van der Waals surface area contributed by atoms with E-state index in [1.807, 2.05) is 6.92 Å². The Bertz CT molecular complexity index is 92.9. The number of ether oxygens (including phenoxy) is 1. The minimum absolute atomic E-state index is 0.424. The van der Waals surface area contributed by atoms with Gasteiger partial charge >= 0.3 is 0 Å². The van der Waals surface area contributed by atoms with Gasteiger partial charge in [-0.15, -0.1) is 0 Å². The van der Waals surface area contributed by atoms with Crippen molar-refractivity contribution < 1.29 is 14.6 Å². The van der Waals surface area contributed by atoms with Crippen LogP contribution >= 0.6 is 0 Å². The Balaban J connectivity index is 3.40. The number of aliphatic hydroxyl groups excluding tert-OH is 1. The van der Waals surface area contributed by atoms with Gasteiger partial charge in [-0.05, 0) is 6.42 Å². The number of hydrogen-bond acceptors (Lipinski definition) is 3. The number of carbonyl (C=O) groups excluding carboxylic acids is 1. The molecule has 0 heterocycles. The van der Waals surface area contributed by atoms with Gasteiger partial charge in [0.2, 0.25) is 0 Å². The van der Waals surface area contributed by atoms with Crippen molar-refractivity contribution in [2.24, 2.45) is 5.92 Å². The third-order valence-corrected chi connectivity index (χ3v) is 1.16. The van der Waals surface area contributed by atoms with Crippen molar-refractivity contribution in [2.45, 2.75) is 26.6 Å². The Morgan fingerprint density at radius 1 is 1.70 bits per heavy atom. The standard InChI is InChI=1S/C7H14O3/c1-3-4-10-7(9)6(2)5-8/h5-7,9H,3-4H2,1-2H3. The molecule has 0 fully saturated rings. The first kappa shape index (κ1) is 9.59. The van der Waals surface area contributed by atoms with Crippen molar-refractivity contribution in [1.29, 1.82) is 0 Å². The van der Waals surface area contributed by atoms with E-state index in [9.17, 15) is 4.79 Å². The molecule has 0 amide bonds. The molecular formula is C7H14O3. The molecule has 0 bridgehead atoms. The smallest absolute Gasteiger partial charge is 0.163 e. The summed E-state index contributed by atoms with van der Waals surface area (Å²) in [4.78, 5) is 10.1. The third-order valence-electron chi connectivity index (χ3n) is 1.16. The second kappa shape index (κ2) is 5.38. The Labute approximate surface area is 61.0 Å². The number of aldehydes is 1. The molecule has 1 N–H and O–H groups in total. The molecule has 60 valence electrons. The zero-order valence-electron chi connectivity index (χ0n) is 6.41. The van der Waals surface area contributed by atoms with Gasteiger partial charge in [-0.25, -0.2) is 0 Å². The summed E-state index contributed by atoms with van der Waals surface area (Å²) >= 11 is 0. The Kier molecular flexibility index (Phi) is 5.16. The molecule has 2 atom stereocenters. The number of carbonyl (C=O) groups is 1. The fourth-order valence-electron chi connectivity index (χ4n) is 0.458. The molecule has 0 aromatic heterocycles. The van der Waals surface area contributed by atoms with E-state index in [0.717, 1.165) is 6.42 Å². The van der Waals surface area contributed by atoms with Crippen LogP contribution in [0.1, 0.15) is 20.3 Å². The van der Waals surface area contributed by atoms with E-state index >= 15 is 0 Å². The second-order valence-corrected chi connectivity index (χ2v) is 2.26. The molecule has 0 saturated carbocycles. The van der Waals surface area contributed by atoms with Crippen LogP contribution in [0, 0.1) is 5.92 Å². The van der Waals surface area contributed by atoms with Crippen LogP contribution in [0.5, 0.6) is 0 Å². The summed E-state index contributed by atoms with van der Waals surface area (Å²) in [6.07, 6.45) is 0.598. The fraction of sp³-hybridized carbons (Fsp3) is 0.857. The van der Waals surface area contributed by atoms with Gasteiger partial charge in [-0.2, -0.15) is 0 Å². The zero-order chi connectivity index (χ0) is 7.98. The van der Waals surface area contributed by atoms with Gasteiger partial charge in [0.1, 0.15) is 6.29 Å². The average molecular weight is 146 g/mol. The molecule has 0 saturated heterocycles. The molecule has 0 aromatic rings. The van der Waals surface area contributed by atoms with Crippen LogP contribution in [-0.2, 0) is 9.53 Å². The molecule has 0 aliphatic rings. The highest BCUT2D eigenvalue weighted by Gasteiger charge is 2.11. The molecule has 3 nitrogen and oxygen atoms in total. The van der Waals surface area contributed by atoms with E-state index in [1.165, 1.54) is 0 Å². The van der Waals surface area contributed by atoms with Gasteiger partial charge < -0.3 is 14.6 Å². The molecule has 0 spiro atoms. The lowest BCUT2D eigenvalue weighted by atomic mass is 10.2. The Morgan fingerprint density at radius 3 is 2.70 bits per heavy atom. The first-order chi connectivity index (χ1) is 4.72. The van der Waals surface area contributed by atoms with Crippen molar-refractivity contribution in [3.8, 4) is 0 Å². The summed E-state index contributed by atoms with van der Waals surface area (Å²) < 4.78 is 4.87. The molecule has 0 aliphatic heterocycles. The van der Waals surface area contributed by atoms with Gasteiger partial charge in [0.15, 0.2) is 6.29 Å². The molecule has 0 radical (unpaired) electrons. The molecule has 0 rings (SSSR count). The zero-order valence-corrected chi connectivity index (χ0v) is 6.41. The van der Waals surface area contributed by atoms with Crippen LogP contribution in [-0.4, -0.2) is 24.3 Å². The number of aliphatic hydroxyl groups is 1. The number of rotatable bonds is 5. The van der Waals surface area contributed by atoms with E-state index < -0.39 is 12.2 Å². The molecule has 3 heteroatoms. The second-order valence-electron chi connectivity index (χ2n) is 2.26. The largest absolute Gasteiger partial charge is 0.367 e. The van der Waals surface area contributed by atoms with Crippen LogP contribution in [0.25, 0.3) is 0 Å². The lowest BCUT2D eigenvalue weighted by Gasteiger charge is -2.12.